The highest BCUT2D eigenvalue weighted by Gasteiger charge is 2.21. The van der Waals surface area contributed by atoms with Gasteiger partial charge in [-0.05, 0) is 67.7 Å². The summed E-state index contributed by atoms with van der Waals surface area (Å²) in [6, 6.07) is 8.82. The molecule has 35 heavy (non-hydrogen) atoms. The highest BCUT2D eigenvalue weighted by Crippen LogP contribution is 2.34. The summed E-state index contributed by atoms with van der Waals surface area (Å²) in [6.45, 7) is 8.65. The number of H-pyrrole nitrogens is 1. The second-order valence-corrected chi connectivity index (χ2v) is 9.79. The van der Waals surface area contributed by atoms with E-state index in [1.54, 1.807) is 32.2 Å². The molecular formula is C26H32N2O6S. The number of carbonyl (C=O) groups is 1. The summed E-state index contributed by atoms with van der Waals surface area (Å²) >= 11 is 4.91. The van der Waals surface area contributed by atoms with Crippen LogP contribution in [0, 0.1) is 17.2 Å². The van der Waals surface area contributed by atoms with E-state index in [-0.39, 0.29) is 21.8 Å². The lowest BCUT2D eigenvalue weighted by molar-refractivity contribution is 0.0937. The van der Waals surface area contributed by atoms with Crippen LogP contribution in [0.5, 0.6) is 23.0 Å². The van der Waals surface area contributed by atoms with Crippen LogP contribution in [0.3, 0.4) is 0 Å². The summed E-state index contributed by atoms with van der Waals surface area (Å²) in [5.74, 6) is 2.19. The smallest absolute Gasteiger partial charge is 0.314 e. The number of ether oxygens (including phenoxy) is 3. The molecule has 8 nitrogen and oxygen atoms in total. The van der Waals surface area contributed by atoms with Gasteiger partial charge in [-0.1, -0.05) is 20.8 Å². The number of ketones is 1. The van der Waals surface area contributed by atoms with E-state index < -0.39 is 0 Å². The number of Topliss-reactive ketones (excluding diaryl/α,β-unsaturated/α-hetero) is 1. The molecule has 0 saturated heterocycles. The van der Waals surface area contributed by atoms with E-state index in [1.165, 1.54) is 0 Å². The van der Waals surface area contributed by atoms with Gasteiger partial charge in [-0.2, -0.15) is 4.98 Å². The zero-order valence-corrected chi connectivity index (χ0v) is 21.6. The number of phenolic OH excluding ortho intramolecular Hbond substituents is 1. The molecule has 0 saturated carbocycles. The summed E-state index contributed by atoms with van der Waals surface area (Å²) < 4.78 is 22.1. The molecule has 0 bridgehead atoms. The number of methoxy groups -OCH3 is 1. The number of nitrogens with one attached hydrogen (secondary N) is 1. The first-order valence-electron chi connectivity index (χ1n) is 11.4. The van der Waals surface area contributed by atoms with Crippen molar-refractivity contribution in [1.82, 2.24) is 10.1 Å². The van der Waals surface area contributed by atoms with Crippen molar-refractivity contribution in [2.75, 3.05) is 20.3 Å². The minimum absolute atomic E-state index is 0.0143. The zero-order valence-electron chi connectivity index (χ0n) is 20.8. The maximum Gasteiger partial charge on any atom is 0.314 e. The van der Waals surface area contributed by atoms with Crippen LogP contribution in [0.4, 0.5) is 0 Å². The van der Waals surface area contributed by atoms with E-state index in [4.69, 9.17) is 31.0 Å². The number of unbranched alkanes of at least 4 members (excludes halogenated alkanes) is 1. The van der Waals surface area contributed by atoms with E-state index in [0.717, 1.165) is 18.4 Å². The van der Waals surface area contributed by atoms with Crippen molar-refractivity contribution in [2.45, 2.75) is 47.0 Å². The van der Waals surface area contributed by atoms with Crippen LogP contribution in [0.15, 0.2) is 34.9 Å². The van der Waals surface area contributed by atoms with Gasteiger partial charge in [0.2, 0.25) is 0 Å². The first-order valence-corrected chi connectivity index (χ1v) is 11.8. The van der Waals surface area contributed by atoms with E-state index in [9.17, 15) is 9.90 Å². The lowest BCUT2D eigenvalue weighted by Gasteiger charge is -2.18. The van der Waals surface area contributed by atoms with Gasteiger partial charge in [-0.3, -0.25) is 4.79 Å². The van der Waals surface area contributed by atoms with Gasteiger partial charge in [0.15, 0.2) is 23.1 Å². The summed E-state index contributed by atoms with van der Waals surface area (Å²) in [6.07, 6.45) is 1.84. The topological polar surface area (TPSA) is 107 Å². The average Bonchev–Trinajstić information content (AvgIpc) is 3.23. The Morgan fingerprint density at radius 2 is 1.74 bits per heavy atom. The largest absolute Gasteiger partial charge is 0.507 e. The SMILES string of the molecule is COc1ccc(-c2nc(=S)o[nH]2)cc1OCCCCOc1ccc(C(=O)CC(C)(C)C)c(O)c1C. The lowest BCUT2D eigenvalue weighted by Crippen LogP contribution is -2.13. The number of hydrogen-bond acceptors (Lipinski definition) is 8. The predicted molar refractivity (Wildman–Crippen MR) is 135 cm³/mol. The number of nitrogens with zero attached hydrogens (tertiary/aromatic N) is 1. The van der Waals surface area contributed by atoms with Crippen LogP contribution in [-0.4, -0.2) is 41.4 Å². The lowest BCUT2D eigenvalue weighted by atomic mass is 9.87. The van der Waals surface area contributed by atoms with Gasteiger partial charge in [-0.15, -0.1) is 0 Å². The van der Waals surface area contributed by atoms with Gasteiger partial charge in [0.25, 0.3) is 0 Å². The molecule has 3 rings (SSSR count). The van der Waals surface area contributed by atoms with Crippen LogP contribution in [0.25, 0.3) is 11.4 Å². The molecule has 0 fully saturated rings. The molecule has 0 unspecified atom stereocenters. The molecule has 0 aliphatic heterocycles. The van der Waals surface area contributed by atoms with Gasteiger partial charge in [0.1, 0.15) is 11.5 Å². The maximum absolute atomic E-state index is 12.5. The second-order valence-electron chi connectivity index (χ2n) is 9.45. The summed E-state index contributed by atoms with van der Waals surface area (Å²) in [5.41, 5.74) is 1.52. The van der Waals surface area contributed by atoms with Crippen molar-refractivity contribution in [2.24, 2.45) is 5.41 Å². The highest BCUT2D eigenvalue weighted by molar-refractivity contribution is 7.71. The molecule has 2 aromatic carbocycles. The molecule has 0 amide bonds. The fraction of sp³-hybridized carbons (Fsp3) is 0.423. The third-order valence-corrected chi connectivity index (χ3v) is 5.48. The van der Waals surface area contributed by atoms with E-state index in [1.807, 2.05) is 32.9 Å². The zero-order chi connectivity index (χ0) is 25.6. The molecular weight excluding hydrogens is 468 g/mol. The van der Waals surface area contributed by atoms with Crippen molar-refractivity contribution in [3.8, 4) is 34.4 Å². The molecule has 0 aliphatic carbocycles. The Hall–Kier alpha value is -3.33. The Bertz CT molecular complexity index is 1230. The number of benzene rings is 2. The molecule has 3 aromatic rings. The summed E-state index contributed by atoms with van der Waals surface area (Å²) in [5, 5.41) is 13.2. The van der Waals surface area contributed by atoms with Gasteiger partial charge in [0.05, 0.1) is 25.9 Å². The van der Waals surface area contributed by atoms with E-state index in [0.29, 0.717) is 53.8 Å². The van der Waals surface area contributed by atoms with Crippen LogP contribution in [0.1, 0.15) is 56.0 Å². The third-order valence-electron chi connectivity index (χ3n) is 5.30. The Morgan fingerprint density at radius 3 is 2.34 bits per heavy atom. The fourth-order valence-corrected chi connectivity index (χ4v) is 3.63. The number of carbonyl (C=O) groups excluding carboxylic acids is 1. The number of aromatic hydroxyl groups is 1. The summed E-state index contributed by atoms with van der Waals surface area (Å²) in [7, 11) is 1.58. The van der Waals surface area contributed by atoms with Gasteiger partial charge in [0, 0.05) is 17.5 Å². The highest BCUT2D eigenvalue weighted by atomic mass is 32.1. The minimum atomic E-state index is -0.149. The van der Waals surface area contributed by atoms with Crippen LogP contribution in [-0.2, 0) is 0 Å². The molecule has 2 N–H and O–H groups in total. The van der Waals surface area contributed by atoms with Crippen molar-refractivity contribution >= 4 is 18.0 Å². The van der Waals surface area contributed by atoms with Crippen molar-refractivity contribution in [3.63, 3.8) is 0 Å². The number of aromatic amines is 1. The molecule has 0 atom stereocenters. The van der Waals surface area contributed by atoms with Crippen LogP contribution in [0.2, 0.25) is 0 Å². The Morgan fingerprint density at radius 1 is 1.09 bits per heavy atom. The van der Waals surface area contributed by atoms with Gasteiger partial charge in [-0.25, -0.2) is 5.16 Å². The Labute approximate surface area is 210 Å². The number of rotatable bonds is 11. The van der Waals surface area contributed by atoms with E-state index in [2.05, 4.69) is 10.1 Å². The molecule has 188 valence electrons. The monoisotopic (exact) mass is 500 g/mol. The molecule has 1 aromatic heterocycles. The molecule has 9 heteroatoms. The van der Waals surface area contributed by atoms with Crippen molar-refractivity contribution in [3.05, 3.63) is 46.3 Å². The van der Waals surface area contributed by atoms with Gasteiger partial charge < -0.3 is 23.8 Å². The third kappa shape index (κ3) is 7.08. The van der Waals surface area contributed by atoms with Crippen LogP contribution < -0.4 is 14.2 Å². The fourth-order valence-electron chi connectivity index (χ4n) is 3.50. The molecule has 0 radical (unpaired) electrons. The quantitative estimate of drug-likeness (QED) is 0.180. The minimum Gasteiger partial charge on any atom is -0.507 e. The standard InChI is InChI=1S/C26H32N2O6S/c1-16-20(11-9-18(23(16)30)19(29)15-26(2,3)4)32-12-6-7-13-33-22-14-17(8-10-21(22)31-5)24-27-25(35)34-28-24/h8-11,14,30H,6-7,12-13,15H2,1-5H3,(H,27,28,35). The molecule has 0 spiro atoms. The normalized spacial score (nSPS) is 11.3. The Kier molecular flexibility index (Phi) is 8.56. The molecule has 1 heterocycles. The number of hydrogen-bond donors (Lipinski definition) is 2. The predicted octanol–water partition coefficient (Wildman–Crippen LogP) is 6.28. The second kappa shape index (κ2) is 11.4. The van der Waals surface area contributed by atoms with E-state index >= 15 is 0 Å². The van der Waals surface area contributed by atoms with Crippen molar-refractivity contribution < 1.29 is 28.6 Å². The first kappa shape index (κ1) is 26.3. The Balaban J connectivity index is 1.51. The first-order chi connectivity index (χ1) is 16.6. The maximum atomic E-state index is 12.5. The van der Waals surface area contributed by atoms with Gasteiger partial charge >= 0.3 is 4.84 Å². The number of phenols is 1. The van der Waals surface area contributed by atoms with Crippen LogP contribution >= 0.6 is 12.2 Å². The van der Waals surface area contributed by atoms with Crippen molar-refractivity contribution in [1.29, 1.82) is 0 Å². The summed E-state index contributed by atoms with van der Waals surface area (Å²) in [4.78, 5) is 16.8. The average molecular weight is 501 g/mol. The number of aromatic nitrogens is 2. The molecule has 0 aliphatic rings.